The third-order valence-corrected chi connectivity index (χ3v) is 1.93. The molecule has 1 rings (SSSR count). The Balaban J connectivity index is 2.77. The Kier molecular flexibility index (Phi) is 2.91. The van der Waals surface area contributed by atoms with Gasteiger partial charge in [0.2, 0.25) is 0 Å². The van der Waals surface area contributed by atoms with Crippen molar-refractivity contribution >= 4 is 23.5 Å². The van der Waals surface area contributed by atoms with Crippen molar-refractivity contribution in [1.29, 1.82) is 0 Å². The van der Waals surface area contributed by atoms with Crippen molar-refractivity contribution in [1.82, 2.24) is 9.97 Å². The summed E-state index contributed by atoms with van der Waals surface area (Å²) in [6, 6.07) is 1.13. The van der Waals surface area contributed by atoms with Gasteiger partial charge >= 0.3 is 5.97 Å². The van der Waals surface area contributed by atoms with Gasteiger partial charge in [-0.15, -0.1) is 0 Å². The molecular weight excluding hydrogens is 194 g/mol. The number of nitrogens with one attached hydrogen (secondary N) is 1. The van der Waals surface area contributed by atoms with Gasteiger partial charge in [-0.05, 0) is 0 Å². The van der Waals surface area contributed by atoms with Gasteiger partial charge in [0.15, 0.2) is 5.16 Å². The third kappa shape index (κ3) is 3.16. The Morgan fingerprint density at radius 1 is 1.77 bits per heavy atom. The van der Waals surface area contributed by atoms with E-state index < -0.39 is 5.97 Å². The van der Waals surface area contributed by atoms with Crippen LogP contribution >= 0.6 is 11.8 Å². The zero-order valence-corrected chi connectivity index (χ0v) is 7.30. The normalized spacial score (nSPS) is 9.85. The van der Waals surface area contributed by atoms with Crippen LogP contribution in [0.4, 0.5) is 5.82 Å². The molecule has 0 amide bonds. The number of nitrogens with two attached hydrogens (primary N) is 1. The van der Waals surface area contributed by atoms with Crippen LogP contribution in [0.2, 0.25) is 0 Å². The molecule has 0 aromatic carbocycles. The van der Waals surface area contributed by atoms with E-state index in [1.54, 1.807) is 0 Å². The van der Waals surface area contributed by atoms with Crippen molar-refractivity contribution in [2.24, 2.45) is 0 Å². The van der Waals surface area contributed by atoms with Gasteiger partial charge in [0.1, 0.15) is 5.82 Å². The fraction of sp³-hybridized carbons (Fsp3) is 0.167. The highest BCUT2D eigenvalue weighted by Crippen LogP contribution is 2.10. The van der Waals surface area contributed by atoms with E-state index in [2.05, 4.69) is 9.97 Å². The van der Waals surface area contributed by atoms with E-state index in [1.165, 1.54) is 0 Å². The molecule has 0 aliphatic carbocycles. The number of nitrogens with zero attached hydrogens (tertiary/aromatic N) is 1. The van der Waals surface area contributed by atoms with E-state index in [4.69, 9.17) is 10.8 Å². The van der Waals surface area contributed by atoms with E-state index >= 15 is 0 Å². The number of aromatic nitrogens is 2. The standard InChI is InChI=1S/C6H7N3O3S/c7-3-1-4(10)9-6(8-3)13-2-5(11)12/h1H,2H2,(H,11,12)(H3,7,8,9,10). The SMILES string of the molecule is Nc1cc(=O)[nH]c(SCC(=O)O)n1. The van der Waals surface area contributed by atoms with Crippen LogP contribution in [0.5, 0.6) is 0 Å². The molecule has 0 radical (unpaired) electrons. The minimum atomic E-state index is -0.977. The summed E-state index contributed by atoms with van der Waals surface area (Å²) in [4.78, 5) is 27.1. The van der Waals surface area contributed by atoms with Crippen molar-refractivity contribution in [3.8, 4) is 0 Å². The fourth-order valence-electron chi connectivity index (χ4n) is 0.652. The molecule has 0 fully saturated rings. The molecule has 6 nitrogen and oxygen atoms in total. The zero-order valence-electron chi connectivity index (χ0n) is 6.48. The maximum Gasteiger partial charge on any atom is 0.313 e. The molecule has 1 aromatic heterocycles. The number of hydrogen-bond donors (Lipinski definition) is 3. The first-order chi connectivity index (χ1) is 6.08. The predicted molar refractivity (Wildman–Crippen MR) is 47.6 cm³/mol. The van der Waals surface area contributed by atoms with Gasteiger partial charge in [0.05, 0.1) is 5.75 Å². The van der Waals surface area contributed by atoms with Crippen molar-refractivity contribution in [2.75, 3.05) is 11.5 Å². The Morgan fingerprint density at radius 3 is 3.00 bits per heavy atom. The molecule has 4 N–H and O–H groups in total. The minimum Gasteiger partial charge on any atom is -0.481 e. The molecule has 13 heavy (non-hydrogen) atoms. The summed E-state index contributed by atoms with van der Waals surface area (Å²) in [5.41, 5.74) is 4.89. The van der Waals surface area contributed by atoms with Crippen LogP contribution in [0.3, 0.4) is 0 Å². The van der Waals surface area contributed by atoms with Crippen molar-refractivity contribution in [2.45, 2.75) is 5.16 Å². The molecule has 0 saturated heterocycles. The zero-order chi connectivity index (χ0) is 9.84. The number of H-pyrrole nitrogens is 1. The van der Waals surface area contributed by atoms with Crippen molar-refractivity contribution in [3.05, 3.63) is 16.4 Å². The summed E-state index contributed by atoms with van der Waals surface area (Å²) in [5, 5.41) is 8.56. The van der Waals surface area contributed by atoms with Crippen LogP contribution < -0.4 is 11.3 Å². The maximum absolute atomic E-state index is 10.8. The average molecular weight is 201 g/mol. The quantitative estimate of drug-likeness (QED) is 0.450. The van der Waals surface area contributed by atoms with Crippen LogP contribution in [0.1, 0.15) is 0 Å². The van der Waals surface area contributed by atoms with E-state index in [0.717, 1.165) is 17.8 Å². The first-order valence-electron chi connectivity index (χ1n) is 3.29. The van der Waals surface area contributed by atoms with Crippen LogP contribution in [0.15, 0.2) is 16.0 Å². The van der Waals surface area contributed by atoms with Gasteiger partial charge in [-0.3, -0.25) is 9.59 Å². The van der Waals surface area contributed by atoms with Gasteiger partial charge < -0.3 is 15.8 Å². The summed E-state index contributed by atoms with van der Waals surface area (Å²) in [7, 11) is 0. The average Bonchev–Trinajstić information content (AvgIpc) is 1.99. The van der Waals surface area contributed by atoms with Gasteiger partial charge in [0.25, 0.3) is 5.56 Å². The third-order valence-electron chi connectivity index (χ3n) is 1.07. The van der Waals surface area contributed by atoms with Crippen LogP contribution in [0, 0.1) is 0 Å². The second kappa shape index (κ2) is 3.94. The Morgan fingerprint density at radius 2 is 2.46 bits per heavy atom. The lowest BCUT2D eigenvalue weighted by molar-refractivity contribution is -0.133. The van der Waals surface area contributed by atoms with Gasteiger partial charge in [-0.25, -0.2) is 4.98 Å². The molecule has 1 aromatic rings. The lowest BCUT2D eigenvalue weighted by Crippen LogP contribution is -2.10. The molecule has 0 bridgehead atoms. The van der Waals surface area contributed by atoms with Crippen molar-refractivity contribution in [3.63, 3.8) is 0 Å². The number of aromatic amines is 1. The second-order valence-corrected chi connectivity index (χ2v) is 3.12. The molecule has 0 spiro atoms. The Hall–Kier alpha value is -1.50. The number of carbonyl (C=O) groups is 1. The maximum atomic E-state index is 10.8. The summed E-state index contributed by atoms with van der Waals surface area (Å²) >= 11 is 0.911. The highest BCUT2D eigenvalue weighted by Gasteiger charge is 2.02. The van der Waals surface area contributed by atoms with Gasteiger partial charge in [-0.1, -0.05) is 11.8 Å². The number of rotatable bonds is 3. The summed E-state index contributed by atoms with van der Waals surface area (Å²) in [6.45, 7) is 0. The molecule has 7 heteroatoms. The molecule has 0 aliphatic heterocycles. The highest BCUT2D eigenvalue weighted by atomic mass is 32.2. The van der Waals surface area contributed by atoms with E-state index in [1.807, 2.05) is 0 Å². The minimum absolute atomic E-state index is 0.0802. The molecular formula is C6H7N3O3S. The molecule has 0 saturated carbocycles. The Bertz CT molecular complexity index is 376. The molecule has 0 atom stereocenters. The number of carboxylic acids is 1. The van der Waals surface area contributed by atoms with Crippen LogP contribution in [-0.2, 0) is 4.79 Å². The number of anilines is 1. The van der Waals surface area contributed by atoms with Crippen LogP contribution in [-0.4, -0.2) is 26.8 Å². The number of nitrogen functional groups attached to an aromatic ring is 1. The smallest absolute Gasteiger partial charge is 0.313 e. The topological polar surface area (TPSA) is 109 Å². The van der Waals surface area contributed by atoms with E-state index in [0.29, 0.717) is 0 Å². The fourth-order valence-corrected chi connectivity index (χ4v) is 1.25. The van der Waals surface area contributed by atoms with E-state index in [-0.39, 0.29) is 22.3 Å². The largest absolute Gasteiger partial charge is 0.481 e. The summed E-state index contributed by atoms with van der Waals surface area (Å²) < 4.78 is 0. The number of carboxylic acid groups (broad SMARTS) is 1. The number of hydrogen-bond acceptors (Lipinski definition) is 5. The molecule has 0 aliphatic rings. The predicted octanol–water partition coefficient (Wildman–Crippen LogP) is -0.471. The van der Waals surface area contributed by atoms with Crippen molar-refractivity contribution < 1.29 is 9.90 Å². The Labute approximate surface area is 77.2 Å². The van der Waals surface area contributed by atoms with Crippen LogP contribution in [0.25, 0.3) is 0 Å². The number of thioether (sulfide) groups is 1. The molecule has 0 unspecified atom stereocenters. The lowest BCUT2D eigenvalue weighted by atomic mass is 10.6. The first kappa shape index (κ1) is 9.59. The number of aliphatic carboxylic acids is 1. The second-order valence-electron chi connectivity index (χ2n) is 2.16. The molecule has 1 heterocycles. The lowest BCUT2D eigenvalue weighted by Gasteiger charge is -1.97. The van der Waals surface area contributed by atoms with E-state index in [9.17, 15) is 9.59 Å². The first-order valence-corrected chi connectivity index (χ1v) is 4.28. The monoisotopic (exact) mass is 201 g/mol. The van der Waals surface area contributed by atoms with Gasteiger partial charge in [0, 0.05) is 6.07 Å². The summed E-state index contributed by atoms with van der Waals surface area (Å²) in [5.74, 6) is -1.06. The highest BCUT2D eigenvalue weighted by molar-refractivity contribution is 7.99. The molecule has 70 valence electrons. The van der Waals surface area contributed by atoms with Gasteiger partial charge in [-0.2, -0.15) is 0 Å². The summed E-state index contributed by atoms with van der Waals surface area (Å²) in [6.07, 6.45) is 0.